The molecule has 2 aromatic carbocycles. The van der Waals surface area contributed by atoms with E-state index in [1.54, 1.807) is 35.8 Å². The van der Waals surface area contributed by atoms with E-state index in [2.05, 4.69) is 17.2 Å². The highest BCUT2D eigenvalue weighted by Gasteiger charge is 2.12. The second kappa shape index (κ2) is 8.07. The number of aromatic nitrogens is 1. The average molecular weight is 358 g/mol. The summed E-state index contributed by atoms with van der Waals surface area (Å²) in [6.07, 6.45) is 1.86. The number of nitrogens with zero attached hydrogens (tertiary/aromatic N) is 1. The standard InChI is InChI=1S/C19H19FN2O2S/c1-2-3-9-24-16-6-4-5-14(18(16)20)11-21-19(23)13-7-8-15-17(10-13)25-12-22-15/h4-8,10,12H,2-3,9,11H2,1H3,(H,21,23). The highest BCUT2D eigenvalue weighted by Crippen LogP contribution is 2.22. The van der Waals surface area contributed by atoms with Crippen LogP contribution in [-0.4, -0.2) is 17.5 Å². The molecule has 0 bridgehead atoms. The van der Waals surface area contributed by atoms with Gasteiger partial charge in [-0.3, -0.25) is 4.79 Å². The van der Waals surface area contributed by atoms with Crippen LogP contribution in [0.4, 0.5) is 4.39 Å². The minimum atomic E-state index is -0.420. The number of thiazole rings is 1. The Morgan fingerprint density at radius 2 is 2.20 bits per heavy atom. The van der Waals surface area contributed by atoms with Crippen molar-refractivity contribution in [3.63, 3.8) is 0 Å². The van der Waals surface area contributed by atoms with Gasteiger partial charge in [-0.1, -0.05) is 25.5 Å². The number of nitrogens with one attached hydrogen (secondary N) is 1. The number of amides is 1. The highest BCUT2D eigenvalue weighted by atomic mass is 32.1. The van der Waals surface area contributed by atoms with Gasteiger partial charge < -0.3 is 10.1 Å². The largest absolute Gasteiger partial charge is 0.491 e. The fourth-order valence-electron chi connectivity index (χ4n) is 2.40. The maximum Gasteiger partial charge on any atom is 0.251 e. The zero-order valence-corrected chi connectivity index (χ0v) is 14.7. The molecule has 0 unspecified atom stereocenters. The Kier molecular flexibility index (Phi) is 5.60. The lowest BCUT2D eigenvalue weighted by Gasteiger charge is -2.11. The summed E-state index contributed by atoms with van der Waals surface area (Å²) >= 11 is 1.48. The minimum absolute atomic E-state index is 0.108. The first-order valence-corrected chi connectivity index (χ1v) is 9.08. The molecule has 6 heteroatoms. The van der Waals surface area contributed by atoms with Gasteiger partial charge >= 0.3 is 0 Å². The van der Waals surface area contributed by atoms with Crippen molar-refractivity contribution < 1.29 is 13.9 Å². The van der Waals surface area contributed by atoms with Crippen LogP contribution in [0.25, 0.3) is 10.2 Å². The summed E-state index contributed by atoms with van der Waals surface area (Å²) in [4.78, 5) is 16.5. The van der Waals surface area contributed by atoms with Crippen LogP contribution in [0.5, 0.6) is 5.75 Å². The van der Waals surface area contributed by atoms with Gasteiger partial charge in [-0.25, -0.2) is 9.37 Å². The molecule has 0 aliphatic carbocycles. The van der Waals surface area contributed by atoms with Gasteiger partial charge in [0.2, 0.25) is 0 Å². The predicted octanol–water partition coefficient (Wildman–Crippen LogP) is 4.54. The van der Waals surface area contributed by atoms with Crippen LogP contribution in [0.15, 0.2) is 41.9 Å². The lowest BCUT2D eigenvalue weighted by Crippen LogP contribution is -2.23. The number of carbonyl (C=O) groups is 1. The van der Waals surface area contributed by atoms with Crippen molar-refractivity contribution in [1.82, 2.24) is 10.3 Å². The summed E-state index contributed by atoms with van der Waals surface area (Å²) in [5, 5.41) is 2.76. The first kappa shape index (κ1) is 17.4. The predicted molar refractivity (Wildman–Crippen MR) is 97.6 cm³/mol. The van der Waals surface area contributed by atoms with Crippen LogP contribution in [0.3, 0.4) is 0 Å². The maximum atomic E-state index is 14.4. The molecule has 4 nitrogen and oxygen atoms in total. The number of ether oxygens (including phenoxy) is 1. The molecule has 0 atom stereocenters. The zero-order chi connectivity index (χ0) is 17.6. The van der Waals surface area contributed by atoms with E-state index < -0.39 is 5.82 Å². The van der Waals surface area contributed by atoms with Crippen LogP contribution >= 0.6 is 11.3 Å². The van der Waals surface area contributed by atoms with Gasteiger partial charge in [-0.05, 0) is 30.7 Å². The summed E-state index contributed by atoms with van der Waals surface area (Å²) in [6.45, 7) is 2.64. The van der Waals surface area contributed by atoms with Crippen LogP contribution in [-0.2, 0) is 6.54 Å². The molecule has 1 aromatic heterocycles. The molecule has 0 spiro atoms. The van der Waals surface area contributed by atoms with Crippen LogP contribution in [0.2, 0.25) is 0 Å². The topological polar surface area (TPSA) is 51.2 Å². The Hall–Kier alpha value is -2.47. The number of carbonyl (C=O) groups excluding carboxylic acids is 1. The first-order valence-electron chi connectivity index (χ1n) is 8.20. The summed E-state index contributed by atoms with van der Waals surface area (Å²) in [5.74, 6) is -0.435. The quantitative estimate of drug-likeness (QED) is 0.631. The SMILES string of the molecule is CCCCOc1cccc(CNC(=O)c2ccc3ncsc3c2)c1F. The van der Waals surface area contributed by atoms with Gasteiger partial charge in [-0.2, -0.15) is 0 Å². The smallest absolute Gasteiger partial charge is 0.251 e. The molecule has 3 aromatic rings. The van der Waals surface area contributed by atoms with E-state index in [0.717, 1.165) is 23.1 Å². The lowest BCUT2D eigenvalue weighted by molar-refractivity contribution is 0.0950. The van der Waals surface area contributed by atoms with Crippen LogP contribution in [0.1, 0.15) is 35.7 Å². The molecule has 0 saturated carbocycles. The third-order valence-electron chi connectivity index (χ3n) is 3.83. The second-order valence-corrected chi connectivity index (χ2v) is 6.54. The number of unbranched alkanes of at least 4 members (excludes halogenated alkanes) is 1. The van der Waals surface area contributed by atoms with E-state index in [-0.39, 0.29) is 18.2 Å². The van der Waals surface area contributed by atoms with Crippen molar-refractivity contribution >= 4 is 27.5 Å². The van der Waals surface area contributed by atoms with E-state index in [9.17, 15) is 9.18 Å². The van der Waals surface area contributed by atoms with Crippen LogP contribution in [0, 0.1) is 5.82 Å². The number of halogens is 1. The van der Waals surface area contributed by atoms with Crippen molar-refractivity contribution in [2.75, 3.05) is 6.61 Å². The highest BCUT2D eigenvalue weighted by molar-refractivity contribution is 7.16. The van der Waals surface area contributed by atoms with Crippen molar-refractivity contribution in [1.29, 1.82) is 0 Å². The Bertz CT molecular complexity index is 879. The third-order valence-corrected chi connectivity index (χ3v) is 4.62. The van der Waals surface area contributed by atoms with E-state index in [0.29, 0.717) is 17.7 Å². The van der Waals surface area contributed by atoms with E-state index in [1.165, 1.54) is 11.3 Å². The molecule has 0 saturated heterocycles. The van der Waals surface area contributed by atoms with Gasteiger partial charge in [0.25, 0.3) is 5.91 Å². The molecule has 0 radical (unpaired) electrons. The number of benzene rings is 2. The number of hydrogen-bond donors (Lipinski definition) is 1. The Balaban J connectivity index is 1.66. The lowest BCUT2D eigenvalue weighted by atomic mass is 10.1. The molecule has 0 aliphatic heterocycles. The molecular weight excluding hydrogens is 339 g/mol. The first-order chi connectivity index (χ1) is 12.2. The minimum Gasteiger partial charge on any atom is -0.491 e. The molecule has 0 aliphatic rings. The van der Waals surface area contributed by atoms with Crippen molar-refractivity contribution in [3.8, 4) is 5.75 Å². The molecule has 130 valence electrons. The Morgan fingerprint density at radius 1 is 1.32 bits per heavy atom. The van der Waals surface area contributed by atoms with Crippen molar-refractivity contribution in [2.45, 2.75) is 26.3 Å². The van der Waals surface area contributed by atoms with E-state index in [1.807, 2.05) is 6.07 Å². The molecule has 1 amide bonds. The number of hydrogen-bond acceptors (Lipinski definition) is 4. The fourth-order valence-corrected chi connectivity index (χ4v) is 3.12. The molecule has 3 rings (SSSR count). The van der Waals surface area contributed by atoms with E-state index >= 15 is 0 Å². The van der Waals surface area contributed by atoms with Gasteiger partial charge in [0, 0.05) is 17.7 Å². The second-order valence-electron chi connectivity index (χ2n) is 5.65. The summed E-state index contributed by atoms with van der Waals surface area (Å²) in [6, 6.07) is 10.3. The summed E-state index contributed by atoms with van der Waals surface area (Å²) in [5.41, 5.74) is 3.55. The Morgan fingerprint density at radius 3 is 3.04 bits per heavy atom. The monoisotopic (exact) mass is 358 g/mol. The molecule has 0 fully saturated rings. The van der Waals surface area contributed by atoms with Crippen molar-refractivity contribution in [3.05, 3.63) is 58.9 Å². The normalized spacial score (nSPS) is 10.8. The van der Waals surface area contributed by atoms with Crippen LogP contribution < -0.4 is 10.1 Å². The molecule has 25 heavy (non-hydrogen) atoms. The molecule has 1 heterocycles. The number of rotatable bonds is 7. The van der Waals surface area contributed by atoms with Gasteiger partial charge in [0.1, 0.15) is 0 Å². The third kappa shape index (κ3) is 4.14. The average Bonchev–Trinajstić information content (AvgIpc) is 3.09. The van der Waals surface area contributed by atoms with Gasteiger partial charge in [-0.15, -0.1) is 11.3 Å². The zero-order valence-electron chi connectivity index (χ0n) is 13.9. The van der Waals surface area contributed by atoms with E-state index in [4.69, 9.17) is 4.74 Å². The van der Waals surface area contributed by atoms with Crippen molar-refractivity contribution in [2.24, 2.45) is 0 Å². The molecule has 1 N–H and O–H groups in total. The van der Waals surface area contributed by atoms with Gasteiger partial charge in [0.05, 0.1) is 22.3 Å². The molecular formula is C19H19FN2O2S. The summed E-state index contributed by atoms with van der Waals surface area (Å²) < 4.78 is 20.8. The Labute approximate surface area is 149 Å². The fraction of sp³-hybridized carbons (Fsp3) is 0.263. The van der Waals surface area contributed by atoms with Gasteiger partial charge in [0.15, 0.2) is 11.6 Å². The number of fused-ring (bicyclic) bond motifs is 1. The maximum absolute atomic E-state index is 14.4. The summed E-state index contributed by atoms with van der Waals surface area (Å²) in [7, 11) is 0.